The zero-order valence-electron chi connectivity index (χ0n) is 20.0. The molecular weight excluding hydrogens is 448 g/mol. The Bertz CT molecular complexity index is 1180. The summed E-state index contributed by atoms with van der Waals surface area (Å²) >= 11 is 0. The Labute approximate surface area is 204 Å². The van der Waals surface area contributed by atoms with Crippen LogP contribution in [0.5, 0.6) is 0 Å². The van der Waals surface area contributed by atoms with Crippen LogP contribution >= 0.6 is 0 Å². The van der Waals surface area contributed by atoms with Crippen LogP contribution in [0.25, 0.3) is 11.3 Å². The molecule has 3 atom stereocenters. The predicted octanol–water partition coefficient (Wildman–Crippen LogP) is 4.41. The normalized spacial score (nSPS) is 16.9. The van der Waals surface area contributed by atoms with E-state index in [4.69, 9.17) is 0 Å². The summed E-state index contributed by atoms with van der Waals surface area (Å²) in [5.74, 6) is -1.69. The number of aliphatic hydroxyl groups excluding tert-OH is 1. The number of nitrogens with zero attached hydrogens (tertiary/aromatic N) is 1. The number of nitrogens with one attached hydrogen (secondary N) is 2. The molecule has 1 aliphatic carbocycles. The molecule has 0 spiro atoms. The topological polar surface area (TPSA) is 74.2 Å². The van der Waals surface area contributed by atoms with Gasteiger partial charge in [-0.25, -0.2) is 8.78 Å². The average Bonchev–Trinajstić information content (AvgIpc) is 2.81. The highest BCUT2D eigenvalue weighted by Gasteiger charge is 2.25. The molecule has 1 heterocycles. The van der Waals surface area contributed by atoms with Crippen molar-refractivity contribution in [1.82, 2.24) is 15.6 Å². The number of aromatic nitrogens is 1. The number of benzene rings is 2. The van der Waals surface area contributed by atoms with Crippen LogP contribution in [0.4, 0.5) is 8.78 Å². The number of carbonyl (C=O) groups is 1. The van der Waals surface area contributed by atoms with E-state index >= 15 is 0 Å². The molecule has 3 unspecified atom stereocenters. The van der Waals surface area contributed by atoms with Crippen molar-refractivity contribution in [2.75, 3.05) is 6.54 Å². The number of halogens is 2. The van der Waals surface area contributed by atoms with E-state index in [1.165, 1.54) is 30.2 Å². The molecule has 1 aliphatic rings. The molecule has 1 aromatic heterocycles. The van der Waals surface area contributed by atoms with Gasteiger partial charge in [0, 0.05) is 37.3 Å². The third kappa shape index (κ3) is 6.29. The van der Waals surface area contributed by atoms with E-state index in [1.807, 2.05) is 19.1 Å². The van der Waals surface area contributed by atoms with Gasteiger partial charge in [-0.2, -0.15) is 0 Å². The second-order valence-electron chi connectivity index (χ2n) is 9.29. The van der Waals surface area contributed by atoms with Crippen LogP contribution in [0.15, 0.2) is 54.7 Å². The molecule has 5 nitrogen and oxygen atoms in total. The van der Waals surface area contributed by atoms with Gasteiger partial charge >= 0.3 is 0 Å². The van der Waals surface area contributed by atoms with E-state index < -0.39 is 23.8 Å². The molecule has 35 heavy (non-hydrogen) atoms. The van der Waals surface area contributed by atoms with Crippen molar-refractivity contribution in [3.05, 3.63) is 88.6 Å². The highest BCUT2D eigenvalue weighted by molar-refractivity contribution is 5.73. The summed E-state index contributed by atoms with van der Waals surface area (Å²) in [5.41, 5.74) is 5.95. The Hall–Kier alpha value is -3.16. The standard InChI is InChI=1S/C28H31F2N3O2/c1-17-5-4-10-31-28(17)21-9-8-20-6-3-7-25(24(20)14-21)32-16-27(35)26(33-18(2)34)13-19-11-22(29)15-23(30)12-19/h4-5,8-12,14-15,25-27,32,35H,3,6-7,13,16H2,1-2H3,(H,33,34). The molecule has 0 fully saturated rings. The second kappa shape index (κ2) is 11.1. The minimum atomic E-state index is -0.947. The highest BCUT2D eigenvalue weighted by atomic mass is 19.1. The van der Waals surface area contributed by atoms with Crippen LogP contribution in [-0.4, -0.2) is 34.7 Å². The summed E-state index contributed by atoms with van der Waals surface area (Å²) < 4.78 is 27.3. The number of fused-ring (bicyclic) bond motifs is 1. The lowest BCUT2D eigenvalue weighted by Gasteiger charge is -2.30. The van der Waals surface area contributed by atoms with Gasteiger partial charge in [-0.15, -0.1) is 0 Å². The summed E-state index contributed by atoms with van der Waals surface area (Å²) in [6.45, 7) is 3.62. The molecule has 4 rings (SSSR count). The van der Waals surface area contributed by atoms with E-state index in [-0.39, 0.29) is 24.9 Å². The van der Waals surface area contributed by atoms with Crippen molar-refractivity contribution in [3.8, 4) is 11.3 Å². The summed E-state index contributed by atoms with van der Waals surface area (Å²) in [6.07, 6.45) is 3.90. The summed E-state index contributed by atoms with van der Waals surface area (Å²) in [7, 11) is 0. The molecule has 0 bridgehead atoms. The summed E-state index contributed by atoms with van der Waals surface area (Å²) in [6, 6.07) is 13.0. The number of carbonyl (C=O) groups excluding carboxylic acids is 1. The number of hydrogen-bond acceptors (Lipinski definition) is 4. The van der Waals surface area contributed by atoms with Gasteiger partial charge in [0.05, 0.1) is 17.8 Å². The molecule has 3 N–H and O–H groups in total. The van der Waals surface area contributed by atoms with Crippen molar-refractivity contribution in [1.29, 1.82) is 0 Å². The summed E-state index contributed by atoms with van der Waals surface area (Å²) in [4.78, 5) is 16.3. The van der Waals surface area contributed by atoms with Crippen molar-refractivity contribution >= 4 is 5.91 Å². The van der Waals surface area contributed by atoms with Gasteiger partial charge in [-0.1, -0.05) is 18.2 Å². The van der Waals surface area contributed by atoms with Crippen LogP contribution < -0.4 is 10.6 Å². The number of hydrogen-bond donors (Lipinski definition) is 3. The number of aliphatic hydroxyl groups is 1. The SMILES string of the molecule is CC(=O)NC(Cc1cc(F)cc(F)c1)C(O)CNC1CCCc2ccc(-c3ncccc3C)cc21. The minimum absolute atomic E-state index is 0.0435. The molecule has 184 valence electrons. The fraction of sp³-hybridized carbons (Fsp3) is 0.357. The monoisotopic (exact) mass is 479 g/mol. The first-order valence-corrected chi connectivity index (χ1v) is 12.0. The largest absolute Gasteiger partial charge is 0.390 e. The van der Waals surface area contributed by atoms with Gasteiger partial charge in [-0.05, 0) is 79.1 Å². The first-order valence-electron chi connectivity index (χ1n) is 12.0. The van der Waals surface area contributed by atoms with E-state index in [0.717, 1.165) is 42.1 Å². The third-order valence-corrected chi connectivity index (χ3v) is 6.55. The zero-order valence-corrected chi connectivity index (χ0v) is 20.0. The first-order chi connectivity index (χ1) is 16.8. The van der Waals surface area contributed by atoms with Crippen molar-refractivity contribution in [3.63, 3.8) is 0 Å². The highest BCUT2D eigenvalue weighted by Crippen LogP contribution is 2.33. The Balaban J connectivity index is 1.49. The summed E-state index contributed by atoms with van der Waals surface area (Å²) in [5, 5.41) is 17.1. The maximum absolute atomic E-state index is 13.6. The van der Waals surface area contributed by atoms with E-state index in [1.54, 1.807) is 6.20 Å². The van der Waals surface area contributed by atoms with Crippen LogP contribution in [0, 0.1) is 18.6 Å². The molecule has 0 saturated carbocycles. The van der Waals surface area contributed by atoms with Gasteiger partial charge in [0.1, 0.15) is 11.6 Å². The lowest BCUT2D eigenvalue weighted by atomic mass is 9.85. The molecule has 0 radical (unpaired) electrons. The van der Waals surface area contributed by atoms with E-state index in [9.17, 15) is 18.7 Å². The first kappa shape index (κ1) is 24.9. The van der Waals surface area contributed by atoms with Crippen molar-refractivity contribution in [2.45, 2.75) is 57.7 Å². The van der Waals surface area contributed by atoms with Crippen LogP contribution in [0.1, 0.15) is 48.1 Å². The fourth-order valence-corrected chi connectivity index (χ4v) is 4.88. The average molecular weight is 480 g/mol. The van der Waals surface area contributed by atoms with Gasteiger partial charge < -0.3 is 15.7 Å². The van der Waals surface area contributed by atoms with E-state index in [2.05, 4.69) is 33.8 Å². The molecule has 0 saturated heterocycles. The molecule has 3 aromatic rings. The van der Waals surface area contributed by atoms with Crippen LogP contribution in [-0.2, 0) is 17.6 Å². The van der Waals surface area contributed by atoms with Gasteiger partial charge in [0.2, 0.25) is 5.91 Å². The second-order valence-corrected chi connectivity index (χ2v) is 9.29. The third-order valence-electron chi connectivity index (χ3n) is 6.55. The van der Waals surface area contributed by atoms with Gasteiger partial charge in [0.25, 0.3) is 0 Å². The Morgan fingerprint density at radius 3 is 2.66 bits per heavy atom. The molecule has 2 aromatic carbocycles. The smallest absolute Gasteiger partial charge is 0.217 e. The Morgan fingerprint density at radius 1 is 1.17 bits per heavy atom. The number of rotatable bonds is 8. The van der Waals surface area contributed by atoms with Crippen LogP contribution in [0.3, 0.4) is 0 Å². The minimum Gasteiger partial charge on any atom is -0.390 e. The Morgan fingerprint density at radius 2 is 1.94 bits per heavy atom. The lowest BCUT2D eigenvalue weighted by Crippen LogP contribution is -2.48. The fourth-order valence-electron chi connectivity index (χ4n) is 4.88. The van der Waals surface area contributed by atoms with Gasteiger partial charge in [-0.3, -0.25) is 9.78 Å². The zero-order chi connectivity index (χ0) is 24.9. The molecule has 0 aliphatic heterocycles. The lowest BCUT2D eigenvalue weighted by molar-refractivity contribution is -0.120. The number of amides is 1. The number of pyridine rings is 1. The quantitative estimate of drug-likeness (QED) is 0.448. The maximum atomic E-state index is 13.6. The predicted molar refractivity (Wildman–Crippen MR) is 132 cm³/mol. The van der Waals surface area contributed by atoms with Crippen LogP contribution in [0.2, 0.25) is 0 Å². The van der Waals surface area contributed by atoms with Crippen molar-refractivity contribution < 1.29 is 18.7 Å². The maximum Gasteiger partial charge on any atom is 0.217 e. The van der Waals surface area contributed by atoms with Gasteiger partial charge in [0.15, 0.2) is 0 Å². The molecular formula is C28H31F2N3O2. The molecule has 7 heteroatoms. The van der Waals surface area contributed by atoms with Crippen molar-refractivity contribution in [2.24, 2.45) is 0 Å². The number of aryl methyl sites for hydroxylation is 2. The van der Waals surface area contributed by atoms with E-state index in [0.29, 0.717) is 5.56 Å². The molecule has 1 amide bonds. The Kier molecular flexibility index (Phi) is 7.88.